The van der Waals surface area contributed by atoms with Crippen LogP contribution in [0, 0.1) is 11.3 Å². The van der Waals surface area contributed by atoms with Gasteiger partial charge >= 0.3 is 0 Å². The lowest BCUT2D eigenvalue weighted by Gasteiger charge is -2.31. The molecule has 0 saturated heterocycles. The van der Waals surface area contributed by atoms with Gasteiger partial charge in [0.25, 0.3) is 0 Å². The van der Waals surface area contributed by atoms with Crippen LogP contribution in [0.5, 0.6) is 0 Å². The van der Waals surface area contributed by atoms with Crippen LogP contribution in [0.3, 0.4) is 0 Å². The molecule has 0 aromatic heterocycles. The molecule has 0 spiro atoms. The lowest BCUT2D eigenvalue weighted by atomic mass is 9.79. The van der Waals surface area contributed by atoms with E-state index in [1.165, 1.54) is 0 Å². The van der Waals surface area contributed by atoms with Crippen LogP contribution in [-0.2, 0) is 4.79 Å². The van der Waals surface area contributed by atoms with E-state index in [4.69, 9.17) is 10.9 Å². The van der Waals surface area contributed by atoms with E-state index in [9.17, 15) is 4.79 Å². The molecule has 5 heteroatoms. The number of hydrogen-bond acceptors (Lipinski definition) is 3. The molecule has 106 valence electrons. The van der Waals surface area contributed by atoms with Crippen molar-refractivity contribution in [2.75, 3.05) is 0 Å². The maximum atomic E-state index is 12.4. The Morgan fingerprint density at radius 3 is 2.17 bits per heavy atom. The normalized spacial score (nSPS) is 16.2. The third-order valence-corrected chi connectivity index (χ3v) is 4.10. The smallest absolute Gasteiger partial charge is 0.234 e. The van der Waals surface area contributed by atoms with Gasteiger partial charge in [0.2, 0.25) is 5.91 Å². The second kappa shape index (κ2) is 7.24. The first-order valence-corrected chi connectivity index (χ1v) is 6.68. The standard InChI is InChI=1S/C13H27N3O2/c1-6-9(4)10(5)15-12(17)13(7-2,8-3)11(14)16-18/h9-10,18H,6-8H2,1-5H3,(H2,14,16)(H,15,17). The molecule has 0 aromatic carbocycles. The van der Waals surface area contributed by atoms with Gasteiger partial charge in [0.05, 0.1) is 0 Å². The van der Waals surface area contributed by atoms with E-state index in [0.717, 1.165) is 6.42 Å². The molecular weight excluding hydrogens is 230 g/mol. The zero-order valence-electron chi connectivity index (χ0n) is 12.2. The molecule has 2 atom stereocenters. The maximum Gasteiger partial charge on any atom is 0.234 e. The minimum Gasteiger partial charge on any atom is -0.409 e. The fourth-order valence-corrected chi connectivity index (χ4v) is 1.99. The molecule has 0 bridgehead atoms. The van der Waals surface area contributed by atoms with E-state index in [1.54, 1.807) is 0 Å². The largest absolute Gasteiger partial charge is 0.409 e. The van der Waals surface area contributed by atoms with E-state index in [1.807, 2.05) is 20.8 Å². The molecule has 0 radical (unpaired) electrons. The molecule has 0 heterocycles. The summed E-state index contributed by atoms with van der Waals surface area (Å²) in [5.41, 5.74) is 4.79. The number of nitrogens with two attached hydrogens (primary N) is 1. The van der Waals surface area contributed by atoms with E-state index in [2.05, 4.69) is 24.3 Å². The van der Waals surface area contributed by atoms with Gasteiger partial charge < -0.3 is 16.3 Å². The highest BCUT2D eigenvalue weighted by molar-refractivity contribution is 6.06. The molecule has 4 N–H and O–H groups in total. The Morgan fingerprint density at radius 2 is 1.83 bits per heavy atom. The first-order chi connectivity index (χ1) is 8.39. The SMILES string of the molecule is CCC(C)C(C)NC(=O)C(CC)(CC)C(N)=NO. The summed E-state index contributed by atoms with van der Waals surface area (Å²) in [7, 11) is 0. The van der Waals surface area contributed by atoms with Crippen molar-refractivity contribution < 1.29 is 10.0 Å². The lowest BCUT2D eigenvalue weighted by molar-refractivity contribution is -0.129. The second-order valence-electron chi connectivity index (χ2n) is 4.92. The molecule has 0 saturated carbocycles. The number of amides is 1. The van der Waals surface area contributed by atoms with Crippen LogP contribution in [0.25, 0.3) is 0 Å². The van der Waals surface area contributed by atoms with Gasteiger partial charge in [-0.15, -0.1) is 0 Å². The third kappa shape index (κ3) is 3.37. The topological polar surface area (TPSA) is 87.7 Å². The zero-order valence-corrected chi connectivity index (χ0v) is 12.2. The van der Waals surface area contributed by atoms with E-state index in [-0.39, 0.29) is 17.8 Å². The van der Waals surface area contributed by atoms with Gasteiger partial charge in [-0.25, -0.2) is 0 Å². The van der Waals surface area contributed by atoms with Gasteiger partial charge in [-0.05, 0) is 25.7 Å². The Bertz CT molecular complexity index is 299. The number of amidine groups is 1. The van der Waals surface area contributed by atoms with Gasteiger partial charge in [0, 0.05) is 6.04 Å². The van der Waals surface area contributed by atoms with Gasteiger partial charge in [0.1, 0.15) is 5.41 Å². The Kier molecular flexibility index (Phi) is 6.73. The third-order valence-electron chi connectivity index (χ3n) is 4.10. The molecule has 0 fully saturated rings. The number of hydrogen-bond donors (Lipinski definition) is 3. The van der Waals surface area contributed by atoms with Crippen molar-refractivity contribution in [1.82, 2.24) is 5.32 Å². The van der Waals surface area contributed by atoms with E-state index >= 15 is 0 Å². The number of nitrogens with one attached hydrogen (secondary N) is 1. The highest BCUT2D eigenvalue weighted by atomic mass is 16.4. The summed E-state index contributed by atoms with van der Waals surface area (Å²) in [5, 5.41) is 14.9. The monoisotopic (exact) mass is 257 g/mol. The molecule has 0 aliphatic carbocycles. The first-order valence-electron chi connectivity index (χ1n) is 6.68. The van der Waals surface area contributed by atoms with Crippen LogP contribution in [0.15, 0.2) is 5.16 Å². The molecule has 0 aliphatic rings. The van der Waals surface area contributed by atoms with Crippen molar-refractivity contribution in [2.24, 2.45) is 22.2 Å². The molecule has 1 amide bonds. The maximum absolute atomic E-state index is 12.4. The summed E-state index contributed by atoms with van der Waals surface area (Å²) in [4.78, 5) is 12.4. The summed E-state index contributed by atoms with van der Waals surface area (Å²) in [6.45, 7) is 9.90. The van der Waals surface area contributed by atoms with Crippen LogP contribution in [0.2, 0.25) is 0 Å². The summed E-state index contributed by atoms with van der Waals surface area (Å²) in [6, 6.07) is 0.0754. The fourth-order valence-electron chi connectivity index (χ4n) is 1.99. The molecule has 0 aliphatic heterocycles. The van der Waals surface area contributed by atoms with E-state index < -0.39 is 5.41 Å². The molecular formula is C13H27N3O2. The van der Waals surface area contributed by atoms with Crippen molar-refractivity contribution in [3.05, 3.63) is 0 Å². The molecule has 0 aromatic rings. The average molecular weight is 257 g/mol. The lowest BCUT2D eigenvalue weighted by Crippen LogP contribution is -2.52. The van der Waals surface area contributed by atoms with Gasteiger partial charge in [-0.1, -0.05) is 39.3 Å². The molecule has 2 unspecified atom stereocenters. The number of rotatable bonds is 7. The van der Waals surface area contributed by atoms with Crippen molar-refractivity contribution in [3.63, 3.8) is 0 Å². The van der Waals surface area contributed by atoms with Crippen molar-refractivity contribution in [3.8, 4) is 0 Å². The molecule has 0 rings (SSSR count). The Labute approximate surface area is 110 Å². The Morgan fingerprint density at radius 1 is 1.33 bits per heavy atom. The summed E-state index contributed by atoms with van der Waals surface area (Å²) < 4.78 is 0. The second-order valence-corrected chi connectivity index (χ2v) is 4.92. The number of nitrogens with zero attached hydrogens (tertiary/aromatic N) is 1. The van der Waals surface area contributed by atoms with E-state index in [0.29, 0.717) is 18.8 Å². The zero-order chi connectivity index (χ0) is 14.3. The number of oxime groups is 1. The predicted molar refractivity (Wildman–Crippen MR) is 73.5 cm³/mol. The van der Waals surface area contributed by atoms with Gasteiger partial charge in [-0.3, -0.25) is 4.79 Å². The van der Waals surface area contributed by atoms with Gasteiger partial charge in [-0.2, -0.15) is 0 Å². The van der Waals surface area contributed by atoms with Gasteiger partial charge in [0.15, 0.2) is 5.84 Å². The highest BCUT2D eigenvalue weighted by Crippen LogP contribution is 2.27. The van der Waals surface area contributed by atoms with Crippen molar-refractivity contribution in [1.29, 1.82) is 0 Å². The van der Waals surface area contributed by atoms with Crippen LogP contribution >= 0.6 is 0 Å². The van der Waals surface area contributed by atoms with Crippen LogP contribution in [0.4, 0.5) is 0 Å². The minimum atomic E-state index is -0.906. The minimum absolute atomic E-state index is 0.0126. The fraction of sp³-hybridized carbons (Fsp3) is 0.846. The Balaban J connectivity index is 5.00. The van der Waals surface area contributed by atoms with Crippen molar-refractivity contribution >= 4 is 11.7 Å². The van der Waals surface area contributed by atoms with Crippen LogP contribution in [0.1, 0.15) is 53.9 Å². The summed E-state index contributed by atoms with van der Waals surface area (Å²) in [6.07, 6.45) is 2.02. The average Bonchev–Trinajstić information content (AvgIpc) is 2.39. The predicted octanol–water partition coefficient (Wildman–Crippen LogP) is 2.09. The highest BCUT2D eigenvalue weighted by Gasteiger charge is 2.40. The quantitative estimate of drug-likeness (QED) is 0.282. The van der Waals surface area contributed by atoms with Crippen LogP contribution < -0.4 is 11.1 Å². The molecule has 18 heavy (non-hydrogen) atoms. The summed E-state index contributed by atoms with van der Waals surface area (Å²) in [5.74, 6) is 0.226. The Hall–Kier alpha value is -1.26. The molecule has 5 nitrogen and oxygen atoms in total. The number of carbonyl (C=O) groups excluding carboxylic acids is 1. The number of carbonyl (C=O) groups is 1. The first kappa shape index (κ1) is 16.7. The summed E-state index contributed by atoms with van der Waals surface area (Å²) >= 11 is 0. The van der Waals surface area contributed by atoms with Crippen LogP contribution in [-0.4, -0.2) is 23.0 Å². The van der Waals surface area contributed by atoms with Crippen molar-refractivity contribution in [2.45, 2.75) is 59.9 Å².